The molecule has 24 heavy (non-hydrogen) atoms. The second-order valence-corrected chi connectivity index (χ2v) is 5.98. The standard InChI is InChI=1S/C15H17N3O6/c1-15(2,3)14-16-12(24-17-14)8-23-11-6-5-9(13(19)22-4)7-10(11)18(20)21/h5-7H,8H2,1-4H3. The fraction of sp³-hybridized carbons (Fsp3) is 0.400. The van der Waals surface area contributed by atoms with Crippen molar-refractivity contribution in [2.45, 2.75) is 32.8 Å². The van der Waals surface area contributed by atoms with E-state index in [9.17, 15) is 14.9 Å². The second-order valence-electron chi connectivity index (χ2n) is 5.98. The van der Waals surface area contributed by atoms with Crippen molar-refractivity contribution in [1.29, 1.82) is 0 Å². The zero-order valence-electron chi connectivity index (χ0n) is 13.7. The molecule has 0 aliphatic carbocycles. The van der Waals surface area contributed by atoms with E-state index in [2.05, 4.69) is 14.9 Å². The van der Waals surface area contributed by atoms with Crippen LogP contribution in [0.2, 0.25) is 0 Å². The smallest absolute Gasteiger partial charge is 0.338 e. The molecule has 2 aromatic rings. The zero-order chi connectivity index (χ0) is 17.9. The van der Waals surface area contributed by atoms with E-state index in [0.717, 1.165) is 6.07 Å². The van der Waals surface area contributed by atoms with Gasteiger partial charge in [0.05, 0.1) is 17.6 Å². The Morgan fingerprint density at radius 1 is 1.38 bits per heavy atom. The molecule has 0 radical (unpaired) electrons. The molecular formula is C15H17N3O6. The average Bonchev–Trinajstić information content (AvgIpc) is 3.01. The summed E-state index contributed by atoms with van der Waals surface area (Å²) < 4.78 is 15.0. The number of nitro benzene ring substituents is 1. The van der Waals surface area contributed by atoms with Crippen LogP contribution in [0.1, 0.15) is 42.8 Å². The van der Waals surface area contributed by atoms with Gasteiger partial charge >= 0.3 is 11.7 Å². The lowest BCUT2D eigenvalue weighted by molar-refractivity contribution is -0.386. The first-order chi connectivity index (χ1) is 11.2. The minimum Gasteiger partial charge on any atom is -0.477 e. The van der Waals surface area contributed by atoms with Crippen molar-refractivity contribution in [3.63, 3.8) is 0 Å². The van der Waals surface area contributed by atoms with Gasteiger partial charge in [-0.05, 0) is 12.1 Å². The highest BCUT2D eigenvalue weighted by Crippen LogP contribution is 2.29. The van der Waals surface area contributed by atoms with E-state index >= 15 is 0 Å². The van der Waals surface area contributed by atoms with Crippen LogP contribution < -0.4 is 4.74 Å². The molecule has 0 spiro atoms. The summed E-state index contributed by atoms with van der Waals surface area (Å²) >= 11 is 0. The second kappa shape index (κ2) is 6.65. The van der Waals surface area contributed by atoms with Gasteiger partial charge in [-0.3, -0.25) is 10.1 Å². The number of hydrogen-bond donors (Lipinski definition) is 0. The highest BCUT2D eigenvalue weighted by Gasteiger charge is 2.23. The number of aromatic nitrogens is 2. The molecule has 0 fully saturated rings. The molecule has 0 saturated carbocycles. The van der Waals surface area contributed by atoms with Crippen molar-refractivity contribution in [3.05, 3.63) is 45.6 Å². The van der Waals surface area contributed by atoms with Crippen LogP contribution in [0.5, 0.6) is 5.75 Å². The number of hydrogen-bond acceptors (Lipinski definition) is 8. The van der Waals surface area contributed by atoms with E-state index in [1.54, 1.807) is 0 Å². The third-order valence-electron chi connectivity index (χ3n) is 3.07. The average molecular weight is 335 g/mol. The van der Waals surface area contributed by atoms with Crippen LogP contribution in [0.15, 0.2) is 22.7 Å². The molecule has 0 atom stereocenters. The Kier molecular flexibility index (Phi) is 4.82. The van der Waals surface area contributed by atoms with Gasteiger partial charge in [-0.2, -0.15) is 4.98 Å². The van der Waals surface area contributed by atoms with Gasteiger partial charge in [0.25, 0.3) is 5.89 Å². The maximum atomic E-state index is 11.5. The monoisotopic (exact) mass is 335 g/mol. The summed E-state index contributed by atoms with van der Waals surface area (Å²) in [5, 5.41) is 15.0. The molecule has 0 aliphatic heterocycles. The van der Waals surface area contributed by atoms with Crippen LogP contribution in [-0.4, -0.2) is 28.1 Å². The predicted molar refractivity (Wildman–Crippen MR) is 81.8 cm³/mol. The van der Waals surface area contributed by atoms with E-state index in [-0.39, 0.29) is 34.9 Å². The molecule has 0 unspecified atom stereocenters. The first kappa shape index (κ1) is 17.4. The molecule has 1 aromatic heterocycles. The maximum absolute atomic E-state index is 11.5. The minimum absolute atomic E-state index is 0.0110. The van der Waals surface area contributed by atoms with Crippen LogP contribution in [0, 0.1) is 10.1 Å². The number of methoxy groups -OCH3 is 1. The number of rotatable bonds is 5. The van der Waals surface area contributed by atoms with Gasteiger partial charge in [-0.1, -0.05) is 25.9 Å². The van der Waals surface area contributed by atoms with Crippen LogP contribution in [0.3, 0.4) is 0 Å². The molecule has 128 valence electrons. The van der Waals surface area contributed by atoms with Crippen molar-refractivity contribution < 1.29 is 23.7 Å². The molecular weight excluding hydrogens is 318 g/mol. The molecule has 9 heteroatoms. The van der Waals surface area contributed by atoms with Gasteiger partial charge < -0.3 is 14.0 Å². The Morgan fingerprint density at radius 2 is 2.08 bits per heavy atom. The number of benzene rings is 1. The number of ether oxygens (including phenoxy) is 2. The Hall–Kier alpha value is -2.97. The number of nitro groups is 1. The van der Waals surface area contributed by atoms with Crippen LogP contribution in [0.4, 0.5) is 5.69 Å². The summed E-state index contributed by atoms with van der Waals surface area (Å²) in [7, 11) is 1.20. The van der Waals surface area contributed by atoms with E-state index in [1.165, 1.54) is 19.2 Å². The van der Waals surface area contributed by atoms with Crippen molar-refractivity contribution in [2.75, 3.05) is 7.11 Å². The molecule has 0 aliphatic rings. The number of esters is 1. The summed E-state index contributed by atoms with van der Waals surface area (Å²) in [6.45, 7) is 5.66. The third-order valence-corrected chi connectivity index (χ3v) is 3.07. The van der Waals surface area contributed by atoms with E-state index in [0.29, 0.717) is 5.82 Å². The van der Waals surface area contributed by atoms with Gasteiger partial charge in [-0.15, -0.1) is 0 Å². The highest BCUT2D eigenvalue weighted by molar-refractivity contribution is 5.90. The topological polar surface area (TPSA) is 118 Å². The molecule has 0 saturated heterocycles. The van der Waals surface area contributed by atoms with Crippen molar-refractivity contribution in [3.8, 4) is 5.75 Å². The summed E-state index contributed by atoms with van der Waals surface area (Å²) in [6.07, 6.45) is 0. The lowest BCUT2D eigenvalue weighted by Gasteiger charge is -2.10. The minimum atomic E-state index is -0.670. The quantitative estimate of drug-likeness (QED) is 0.465. The Balaban J connectivity index is 2.19. The molecule has 1 heterocycles. The molecule has 9 nitrogen and oxygen atoms in total. The summed E-state index contributed by atoms with van der Waals surface area (Å²) in [6, 6.07) is 3.80. The van der Waals surface area contributed by atoms with Crippen molar-refractivity contribution in [2.24, 2.45) is 0 Å². The fourth-order valence-electron chi connectivity index (χ4n) is 1.78. The van der Waals surface area contributed by atoms with Crippen LogP contribution in [-0.2, 0) is 16.8 Å². The van der Waals surface area contributed by atoms with Gasteiger partial charge in [0, 0.05) is 11.5 Å². The largest absolute Gasteiger partial charge is 0.477 e. The number of nitrogens with zero attached hydrogens (tertiary/aromatic N) is 3. The van der Waals surface area contributed by atoms with Gasteiger partial charge in [0.15, 0.2) is 18.2 Å². The first-order valence-electron chi connectivity index (χ1n) is 7.05. The number of carbonyl (C=O) groups excluding carboxylic acids is 1. The zero-order valence-corrected chi connectivity index (χ0v) is 13.7. The van der Waals surface area contributed by atoms with E-state index < -0.39 is 10.9 Å². The van der Waals surface area contributed by atoms with Crippen molar-refractivity contribution in [1.82, 2.24) is 10.1 Å². The lowest BCUT2D eigenvalue weighted by atomic mass is 9.96. The Morgan fingerprint density at radius 3 is 2.62 bits per heavy atom. The molecule has 0 bridgehead atoms. The lowest BCUT2D eigenvalue weighted by Crippen LogP contribution is -2.13. The summed E-state index contributed by atoms with van der Waals surface area (Å²) in [4.78, 5) is 26.2. The van der Waals surface area contributed by atoms with Gasteiger partial charge in [-0.25, -0.2) is 4.79 Å². The molecule has 1 aromatic carbocycles. The molecule has 0 N–H and O–H groups in total. The third kappa shape index (κ3) is 3.86. The molecule has 0 amide bonds. The SMILES string of the molecule is COC(=O)c1ccc(OCc2nc(C(C)(C)C)no2)c([N+](=O)[O-])c1. The maximum Gasteiger partial charge on any atom is 0.338 e. The fourth-order valence-corrected chi connectivity index (χ4v) is 1.78. The predicted octanol–water partition coefficient (Wildman–Crippen LogP) is 2.64. The molecule has 2 rings (SSSR count). The number of carbonyl (C=O) groups is 1. The van der Waals surface area contributed by atoms with Gasteiger partial charge in [0.1, 0.15) is 0 Å². The first-order valence-corrected chi connectivity index (χ1v) is 7.05. The van der Waals surface area contributed by atoms with Gasteiger partial charge in [0.2, 0.25) is 0 Å². The highest BCUT2D eigenvalue weighted by atomic mass is 16.6. The Labute approximate surface area is 137 Å². The summed E-state index contributed by atoms with van der Waals surface area (Å²) in [5.41, 5.74) is -0.576. The summed E-state index contributed by atoms with van der Waals surface area (Å²) in [5.74, 6) is 0.0300. The van der Waals surface area contributed by atoms with E-state index in [1.807, 2.05) is 20.8 Å². The van der Waals surface area contributed by atoms with Crippen molar-refractivity contribution >= 4 is 11.7 Å². The normalized spacial score (nSPS) is 11.2. The van der Waals surface area contributed by atoms with Crippen LogP contribution in [0.25, 0.3) is 0 Å². The van der Waals surface area contributed by atoms with E-state index in [4.69, 9.17) is 9.26 Å². The Bertz CT molecular complexity index is 763. The van der Waals surface area contributed by atoms with Crippen LogP contribution >= 0.6 is 0 Å².